The third-order valence-electron chi connectivity index (χ3n) is 4.48. The Morgan fingerprint density at radius 3 is 2.52 bits per heavy atom. The number of methoxy groups -OCH3 is 1. The summed E-state index contributed by atoms with van der Waals surface area (Å²) in [6.45, 7) is 7.70. The molecule has 3 atom stereocenters. The highest BCUT2D eigenvalue weighted by molar-refractivity contribution is 5.94. The summed E-state index contributed by atoms with van der Waals surface area (Å²) in [6.07, 6.45) is 2.15. The number of carbonyl (C=O) groups excluding carboxylic acids is 2. The maximum absolute atomic E-state index is 12.5. The van der Waals surface area contributed by atoms with E-state index in [0.29, 0.717) is 18.7 Å². The Hall–Kier alpha value is -1.39. The minimum absolute atomic E-state index is 0.0997. The molecule has 5 nitrogen and oxygen atoms in total. The Labute approximate surface area is 126 Å². The number of Topliss-reactive ketones (excluding diaryl/α,β-unsaturated/α-hetero) is 1. The molecule has 2 rings (SSSR count). The van der Waals surface area contributed by atoms with E-state index in [9.17, 15) is 9.59 Å². The van der Waals surface area contributed by atoms with Gasteiger partial charge in [0.1, 0.15) is 5.78 Å². The normalized spacial score (nSPS) is 34.2. The number of hydrogen-bond donors (Lipinski definition) is 0. The lowest BCUT2D eigenvalue weighted by Gasteiger charge is -2.42. The third kappa shape index (κ3) is 2.97. The minimum atomic E-state index is -1.01. The zero-order chi connectivity index (χ0) is 15.8. The molecule has 0 N–H and O–H groups in total. The van der Waals surface area contributed by atoms with Crippen LogP contribution in [0.4, 0.5) is 0 Å². The van der Waals surface area contributed by atoms with E-state index in [2.05, 4.69) is 4.99 Å². The quantitative estimate of drug-likeness (QED) is 0.697. The van der Waals surface area contributed by atoms with Gasteiger partial charge in [-0.2, -0.15) is 0 Å². The summed E-state index contributed by atoms with van der Waals surface area (Å²) in [5, 5.41) is 0. The fourth-order valence-electron chi connectivity index (χ4n) is 3.07. The third-order valence-corrected chi connectivity index (χ3v) is 4.48. The van der Waals surface area contributed by atoms with Crippen LogP contribution in [0.5, 0.6) is 0 Å². The Bertz CT molecular complexity index is 477. The molecule has 1 fully saturated rings. The zero-order valence-corrected chi connectivity index (χ0v) is 13.6. The van der Waals surface area contributed by atoms with E-state index in [1.807, 2.05) is 20.8 Å². The summed E-state index contributed by atoms with van der Waals surface area (Å²) in [7, 11) is 1.54. The average Bonchev–Trinajstić information content (AvgIpc) is 2.40. The molecule has 0 aromatic heterocycles. The summed E-state index contributed by atoms with van der Waals surface area (Å²) in [6, 6.07) is 0. The molecule has 1 aliphatic carbocycles. The molecular formula is C16H25NO4. The number of nitrogens with zero attached hydrogens (tertiary/aromatic N) is 1. The van der Waals surface area contributed by atoms with Gasteiger partial charge in [0, 0.05) is 24.2 Å². The van der Waals surface area contributed by atoms with Crippen molar-refractivity contribution >= 4 is 17.7 Å². The van der Waals surface area contributed by atoms with Crippen LogP contribution in [0.1, 0.15) is 53.4 Å². The van der Waals surface area contributed by atoms with Crippen molar-refractivity contribution in [1.82, 2.24) is 0 Å². The topological polar surface area (TPSA) is 65.0 Å². The van der Waals surface area contributed by atoms with E-state index in [0.717, 1.165) is 12.8 Å². The molecule has 2 aliphatic rings. The summed E-state index contributed by atoms with van der Waals surface area (Å²) < 4.78 is 11.0. The van der Waals surface area contributed by atoms with Crippen LogP contribution in [-0.2, 0) is 19.1 Å². The van der Waals surface area contributed by atoms with Crippen molar-refractivity contribution in [2.24, 2.45) is 16.3 Å². The molecule has 1 saturated carbocycles. The summed E-state index contributed by atoms with van der Waals surface area (Å²) in [5.74, 6) is 0.204. The van der Waals surface area contributed by atoms with Gasteiger partial charge in [0.2, 0.25) is 5.90 Å². The van der Waals surface area contributed by atoms with Gasteiger partial charge < -0.3 is 9.47 Å². The van der Waals surface area contributed by atoms with Gasteiger partial charge in [-0.1, -0.05) is 20.8 Å². The van der Waals surface area contributed by atoms with Crippen molar-refractivity contribution in [2.75, 3.05) is 7.11 Å². The van der Waals surface area contributed by atoms with E-state index >= 15 is 0 Å². The highest BCUT2D eigenvalue weighted by atomic mass is 16.6. The maximum Gasteiger partial charge on any atom is 0.334 e. The number of hydrogen-bond acceptors (Lipinski definition) is 5. The van der Waals surface area contributed by atoms with Crippen LogP contribution in [-0.4, -0.2) is 36.4 Å². The monoisotopic (exact) mass is 295 g/mol. The molecule has 21 heavy (non-hydrogen) atoms. The molecule has 0 unspecified atom stereocenters. The first-order valence-corrected chi connectivity index (χ1v) is 7.55. The van der Waals surface area contributed by atoms with Crippen LogP contribution in [0.3, 0.4) is 0 Å². The van der Waals surface area contributed by atoms with Crippen molar-refractivity contribution in [3.05, 3.63) is 0 Å². The molecule has 0 saturated heterocycles. The molecule has 1 heterocycles. The van der Waals surface area contributed by atoms with Gasteiger partial charge in [-0.25, -0.2) is 9.79 Å². The maximum atomic E-state index is 12.5. The van der Waals surface area contributed by atoms with E-state index in [1.54, 1.807) is 14.0 Å². The number of carbonyl (C=O) groups is 2. The van der Waals surface area contributed by atoms with Crippen LogP contribution >= 0.6 is 0 Å². The molecule has 0 spiro atoms. The van der Waals surface area contributed by atoms with Gasteiger partial charge in [-0.05, 0) is 19.8 Å². The number of ether oxygens (including phenoxy) is 2. The van der Waals surface area contributed by atoms with Crippen molar-refractivity contribution in [2.45, 2.75) is 65.0 Å². The van der Waals surface area contributed by atoms with Crippen LogP contribution in [0.2, 0.25) is 0 Å². The minimum Gasteiger partial charge on any atom is -0.482 e. The molecule has 0 aromatic carbocycles. The number of esters is 1. The first kappa shape index (κ1) is 16.0. The van der Waals surface area contributed by atoms with Gasteiger partial charge in [0.15, 0.2) is 11.6 Å². The Balaban J connectivity index is 2.35. The van der Waals surface area contributed by atoms with Crippen LogP contribution in [0.25, 0.3) is 0 Å². The second kappa shape index (κ2) is 5.43. The van der Waals surface area contributed by atoms with E-state index in [4.69, 9.17) is 9.47 Å². The van der Waals surface area contributed by atoms with Gasteiger partial charge >= 0.3 is 5.97 Å². The molecule has 5 heteroatoms. The van der Waals surface area contributed by atoms with E-state index in [-0.39, 0.29) is 23.1 Å². The highest BCUT2D eigenvalue weighted by Gasteiger charge is 2.51. The fraction of sp³-hybridized carbons (Fsp3) is 0.812. The second-order valence-corrected chi connectivity index (χ2v) is 7.29. The highest BCUT2D eigenvalue weighted by Crippen LogP contribution is 2.39. The SMILES string of the molecule is COC1=N[C@](C)([C@@H]2CCCC(=O)C2)C(=O)O[C@H]1C(C)(C)C. The predicted molar refractivity (Wildman–Crippen MR) is 79.1 cm³/mol. The van der Waals surface area contributed by atoms with Crippen LogP contribution in [0.15, 0.2) is 4.99 Å². The molecular weight excluding hydrogens is 270 g/mol. The molecule has 0 amide bonds. The first-order valence-electron chi connectivity index (χ1n) is 7.55. The Morgan fingerprint density at radius 1 is 1.33 bits per heavy atom. The lowest BCUT2D eigenvalue weighted by Crippen LogP contribution is -2.54. The largest absolute Gasteiger partial charge is 0.482 e. The molecule has 118 valence electrons. The second-order valence-electron chi connectivity index (χ2n) is 7.29. The van der Waals surface area contributed by atoms with Gasteiger partial charge in [-0.15, -0.1) is 0 Å². The molecule has 0 radical (unpaired) electrons. The lowest BCUT2D eigenvalue weighted by molar-refractivity contribution is -0.162. The Kier molecular flexibility index (Phi) is 4.13. The van der Waals surface area contributed by atoms with Gasteiger partial charge in [0.05, 0.1) is 7.11 Å². The average molecular weight is 295 g/mol. The zero-order valence-electron chi connectivity index (χ0n) is 13.6. The van der Waals surface area contributed by atoms with Crippen molar-refractivity contribution < 1.29 is 19.1 Å². The molecule has 0 aromatic rings. The van der Waals surface area contributed by atoms with Crippen molar-refractivity contribution in [3.8, 4) is 0 Å². The fourth-order valence-corrected chi connectivity index (χ4v) is 3.07. The smallest absolute Gasteiger partial charge is 0.334 e. The van der Waals surface area contributed by atoms with Crippen LogP contribution < -0.4 is 0 Å². The predicted octanol–water partition coefficient (Wildman–Crippen LogP) is 2.52. The molecule has 0 bridgehead atoms. The van der Waals surface area contributed by atoms with Gasteiger partial charge in [-0.3, -0.25) is 4.79 Å². The number of rotatable bonds is 1. The number of aliphatic imine (C=N–C) groups is 1. The number of cyclic esters (lactones) is 1. The van der Waals surface area contributed by atoms with E-state index < -0.39 is 11.6 Å². The number of ketones is 1. The lowest BCUT2D eigenvalue weighted by atomic mass is 9.74. The van der Waals surface area contributed by atoms with E-state index in [1.165, 1.54) is 0 Å². The van der Waals surface area contributed by atoms with Crippen molar-refractivity contribution in [3.63, 3.8) is 0 Å². The van der Waals surface area contributed by atoms with Gasteiger partial charge in [0.25, 0.3) is 0 Å². The summed E-state index contributed by atoms with van der Waals surface area (Å²) in [4.78, 5) is 28.8. The summed E-state index contributed by atoms with van der Waals surface area (Å²) in [5.41, 5.74) is -1.29. The Morgan fingerprint density at radius 2 is 2.00 bits per heavy atom. The first-order chi connectivity index (χ1) is 9.68. The van der Waals surface area contributed by atoms with Crippen molar-refractivity contribution in [1.29, 1.82) is 0 Å². The summed E-state index contributed by atoms with van der Waals surface area (Å²) >= 11 is 0. The standard InChI is InChI=1S/C16H25NO4/c1-15(2,3)12-13(20-5)17-16(4,14(19)21-12)10-7-6-8-11(18)9-10/h10,12H,6-9H2,1-5H3/t10-,12-,16-/m1/s1. The molecule has 1 aliphatic heterocycles. The van der Waals surface area contributed by atoms with Crippen LogP contribution in [0, 0.1) is 11.3 Å².